The first-order chi connectivity index (χ1) is 8.86. The molecule has 1 aliphatic carbocycles. The van der Waals surface area contributed by atoms with Crippen molar-refractivity contribution in [3.05, 3.63) is 0 Å². The molecule has 0 aromatic carbocycles. The summed E-state index contributed by atoms with van der Waals surface area (Å²) in [5, 5.41) is -1.18. The Balaban J connectivity index is 2.90. The van der Waals surface area contributed by atoms with Gasteiger partial charge >= 0.3 is 5.97 Å². The Hall–Kier alpha value is -0.660. The first kappa shape index (κ1) is 16.4. The standard InChI is InChI=1S/C12H24N2O4S/c1-9(12(15)18-3)19(16,17)14(2)11-7-5-4-6-10(11)8-13/h9-11H,4-8,13H2,1-3H3. The maximum Gasteiger partial charge on any atom is 0.325 e. The molecule has 1 saturated carbocycles. The summed E-state index contributed by atoms with van der Waals surface area (Å²) in [4.78, 5) is 11.4. The van der Waals surface area contributed by atoms with Gasteiger partial charge in [0.15, 0.2) is 5.25 Å². The van der Waals surface area contributed by atoms with Crippen LogP contribution in [-0.4, -0.2) is 50.7 Å². The summed E-state index contributed by atoms with van der Waals surface area (Å²) in [6, 6.07) is -0.115. The minimum Gasteiger partial charge on any atom is -0.468 e. The minimum atomic E-state index is -3.69. The lowest BCUT2D eigenvalue weighted by atomic mass is 9.85. The van der Waals surface area contributed by atoms with Crippen LogP contribution in [0.15, 0.2) is 0 Å². The molecule has 1 fully saturated rings. The van der Waals surface area contributed by atoms with Gasteiger partial charge in [0.1, 0.15) is 0 Å². The van der Waals surface area contributed by atoms with Crippen LogP contribution >= 0.6 is 0 Å². The zero-order valence-corrected chi connectivity index (χ0v) is 12.6. The minimum absolute atomic E-state index is 0.115. The molecule has 0 bridgehead atoms. The van der Waals surface area contributed by atoms with Crippen LogP contribution < -0.4 is 5.73 Å². The molecule has 19 heavy (non-hydrogen) atoms. The van der Waals surface area contributed by atoms with Crippen LogP contribution in [0.25, 0.3) is 0 Å². The first-order valence-electron chi connectivity index (χ1n) is 6.61. The molecule has 0 aromatic heterocycles. The van der Waals surface area contributed by atoms with Crippen LogP contribution in [0.4, 0.5) is 0 Å². The van der Waals surface area contributed by atoms with Crippen molar-refractivity contribution in [1.82, 2.24) is 4.31 Å². The number of esters is 1. The Bertz CT molecular complexity index is 410. The SMILES string of the molecule is COC(=O)C(C)S(=O)(=O)N(C)C1CCCCC1CN. The van der Waals surface area contributed by atoms with Crippen molar-refractivity contribution < 1.29 is 17.9 Å². The number of carbonyl (C=O) groups excluding carboxylic acids is 1. The second kappa shape index (κ2) is 6.67. The Morgan fingerprint density at radius 1 is 1.42 bits per heavy atom. The highest BCUT2D eigenvalue weighted by Gasteiger charge is 2.39. The molecule has 0 amide bonds. The number of carbonyl (C=O) groups is 1. The predicted octanol–water partition coefficient (Wildman–Crippen LogP) is 0.327. The maximum atomic E-state index is 12.4. The summed E-state index contributed by atoms with van der Waals surface area (Å²) >= 11 is 0. The summed E-state index contributed by atoms with van der Waals surface area (Å²) in [7, 11) is -0.962. The van der Waals surface area contributed by atoms with E-state index >= 15 is 0 Å². The van der Waals surface area contributed by atoms with Crippen LogP contribution in [0.3, 0.4) is 0 Å². The van der Waals surface area contributed by atoms with E-state index in [9.17, 15) is 13.2 Å². The highest BCUT2D eigenvalue weighted by molar-refractivity contribution is 7.90. The van der Waals surface area contributed by atoms with Gasteiger partial charge in [0.2, 0.25) is 10.0 Å². The van der Waals surface area contributed by atoms with Crippen molar-refractivity contribution in [2.75, 3.05) is 20.7 Å². The van der Waals surface area contributed by atoms with E-state index < -0.39 is 21.2 Å². The molecular formula is C12H24N2O4S. The smallest absolute Gasteiger partial charge is 0.325 e. The molecule has 112 valence electrons. The number of rotatable bonds is 5. The molecule has 3 atom stereocenters. The van der Waals surface area contributed by atoms with Crippen molar-refractivity contribution in [3.8, 4) is 0 Å². The van der Waals surface area contributed by atoms with Crippen LogP contribution in [0.5, 0.6) is 0 Å². The number of sulfonamides is 1. The average molecular weight is 292 g/mol. The van der Waals surface area contributed by atoms with Gasteiger partial charge in [0, 0.05) is 13.1 Å². The Morgan fingerprint density at radius 2 is 2.00 bits per heavy atom. The zero-order chi connectivity index (χ0) is 14.6. The summed E-state index contributed by atoms with van der Waals surface area (Å²) in [5.41, 5.74) is 5.72. The summed E-state index contributed by atoms with van der Waals surface area (Å²) in [6.07, 6.45) is 3.81. The lowest BCUT2D eigenvalue weighted by Crippen LogP contribution is -2.49. The fraction of sp³-hybridized carbons (Fsp3) is 0.917. The van der Waals surface area contributed by atoms with Crippen molar-refractivity contribution in [3.63, 3.8) is 0 Å². The van der Waals surface area contributed by atoms with Gasteiger partial charge in [-0.2, -0.15) is 0 Å². The lowest BCUT2D eigenvalue weighted by molar-refractivity contribution is -0.139. The molecule has 1 aliphatic rings. The topological polar surface area (TPSA) is 89.7 Å². The highest BCUT2D eigenvalue weighted by Crippen LogP contribution is 2.29. The third kappa shape index (κ3) is 3.46. The maximum absolute atomic E-state index is 12.4. The fourth-order valence-corrected chi connectivity index (χ4v) is 4.16. The molecule has 1 rings (SSSR count). The third-order valence-electron chi connectivity index (χ3n) is 4.02. The fourth-order valence-electron chi connectivity index (χ4n) is 2.67. The summed E-state index contributed by atoms with van der Waals surface area (Å²) in [5.74, 6) is -0.565. The molecule has 2 N–H and O–H groups in total. The molecule has 7 heteroatoms. The van der Waals surface area contributed by atoms with Gasteiger partial charge in [-0.05, 0) is 32.2 Å². The number of hydrogen-bond donors (Lipinski definition) is 1. The number of ether oxygens (including phenoxy) is 1. The molecule has 0 heterocycles. The Morgan fingerprint density at radius 3 is 2.53 bits per heavy atom. The second-order valence-electron chi connectivity index (χ2n) is 5.07. The lowest BCUT2D eigenvalue weighted by Gasteiger charge is -2.37. The molecule has 0 aliphatic heterocycles. The van der Waals surface area contributed by atoms with E-state index in [1.54, 1.807) is 0 Å². The molecule has 0 radical (unpaired) electrons. The average Bonchev–Trinajstić information content (AvgIpc) is 2.44. The van der Waals surface area contributed by atoms with Gasteiger partial charge in [-0.3, -0.25) is 4.79 Å². The van der Waals surface area contributed by atoms with Gasteiger partial charge in [-0.1, -0.05) is 12.8 Å². The van der Waals surface area contributed by atoms with Crippen LogP contribution in [0, 0.1) is 5.92 Å². The molecule has 0 aromatic rings. The normalized spacial score (nSPS) is 26.2. The van der Waals surface area contributed by atoms with E-state index in [1.807, 2.05) is 0 Å². The van der Waals surface area contributed by atoms with E-state index in [1.165, 1.54) is 25.4 Å². The summed E-state index contributed by atoms with van der Waals surface area (Å²) in [6.45, 7) is 1.83. The molecule has 0 saturated heterocycles. The van der Waals surface area contributed by atoms with Crippen molar-refractivity contribution in [2.45, 2.75) is 43.9 Å². The number of hydrogen-bond acceptors (Lipinski definition) is 5. The van der Waals surface area contributed by atoms with E-state index in [-0.39, 0.29) is 12.0 Å². The van der Waals surface area contributed by atoms with Crippen LogP contribution in [0.2, 0.25) is 0 Å². The van der Waals surface area contributed by atoms with Crippen molar-refractivity contribution in [2.24, 2.45) is 11.7 Å². The largest absolute Gasteiger partial charge is 0.468 e. The third-order valence-corrected chi connectivity index (χ3v) is 6.18. The van der Waals surface area contributed by atoms with E-state index in [0.29, 0.717) is 6.54 Å². The zero-order valence-electron chi connectivity index (χ0n) is 11.8. The Kier molecular flexibility index (Phi) is 5.76. The molecular weight excluding hydrogens is 268 g/mol. The van der Waals surface area contributed by atoms with Crippen LogP contribution in [0.1, 0.15) is 32.6 Å². The predicted molar refractivity (Wildman–Crippen MR) is 73.0 cm³/mol. The van der Waals surface area contributed by atoms with Crippen LogP contribution in [-0.2, 0) is 19.6 Å². The number of nitrogens with two attached hydrogens (primary N) is 1. The monoisotopic (exact) mass is 292 g/mol. The number of methoxy groups -OCH3 is 1. The summed E-state index contributed by atoms with van der Waals surface area (Å²) < 4.78 is 30.6. The first-order valence-corrected chi connectivity index (χ1v) is 8.11. The van der Waals surface area contributed by atoms with Gasteiger partial charge in [-0.15, -0.1) is 0 Å². The van der Waals surface area contributed by atoms with Crippen molar-refractivity contribution >= 4 is 16.0 Å². The van der Waals surface area contributed by atoms with Gasteiger partial charge in [-0.25, -0.2) is 12.7 Å². The number of nitrogens with zero attached hydrogens (tertiary/aromatic N) is 1. The highest BCUT2D eigenvalue weighted by atomic mass is 32.2. The van der Waals surface area contributed by atoms with Gasteiger partial charge in [0.25, 0.3) is 0 Å². The van der Waals surface area contributed by atoms with E-state index in [0.717, 1.165) is 25.7 Å². The molecule has 3 unspecified atom stereocenters. The van der Waals surface area contributed by atoms with Crippen molar-refractivity contribution in [1.29, 1.82) is 0 Å². The van der Waals surface area contributed by atoms with E-state index in [2.05, 4.69) is 4.74 Å². The quantitative estimate of drug-likeness (QED) is 0.737. The van der Waals surface area contributed by atoms with Gasteiger partial charge < -0.3 is 10.5 Å². The Labute approximate surface area is 115 Å². The second-order valence-corrected chi connectivity index (χ2v) is 7.39. The van der Waals surface area contributed by atoms with Gasteiger partial charge in [0.05, 0.1) is 7.11 Å². The molecule has 0 spiro atoms. The molecule has 6 nitrogen and oxygen atoms in total. The van der Waals surface area contributed by atoms with E-state index in [4.69, 9.17) is 5.73 Å².